The van der Waals surface area contributed by atoms with E-state index in [1.165, 1.54) is 18.3 Å². The van der Waals surface area contributed by atoms with Crippen LogP contribution in [0.3, 0.4) is 0 Å². The van der Waals surface area contributed by atoms with E-state index in [0.29, 0.717) is 5.69 Å². The standard InChI is InChI=1S/C12H11BrN2O3S/c1-8-7-9(4-5-10(8)13)15-19(17,18)11-3-2-6-14-12(11)16/h2-7,15H,1H3,(H,14,16). The highest BCUT2D eigenvalue weighted by Crippen LogP contribution is 2.21. The first-order chi connectivity index (χ1) is 8.90. The number of H-pyrrole nitrogens is 1. The maximum Gasteiger partial charge on any atom is 0.268 e. The average molecular weight is 343 g/mol. The minimum atomic E-state index is -3.88. The fraction of sp³-hybridized carbons (Fsp3) is 0.0833. The van der Waals surface area contributed by atoms with Crippen molar-refractivity contribution < 1.29 is 8.42 Å². The molecule has 0 aliphatic rings. The maximum absolute atomic E-state index is 12.1. The Morgan fingerprint density at radius 2 is 2.00 bits per heavy atom. The van der Waals surface area contributed by atoms with Crippen LogP contribution in [0.25, 0.3) is 0 Å². The van der Waals surface area contributed by atoms with Crippen LogP contribution in [0.4, 0.5) is 5.69 Å². The van der Waals surface area contributed by atoms with Gasteiger partial charge in [0.05, 0.1) is 0 Å². The quantitative estimate of drug-likeness (QED) is 0.897. The molecule has 1 aromatic carbocycles. The lowest BCUT2D eigenvalue weighted by Crippen LogP contribution is -2.22. The summed E-state index contributed by atoms with van der Waals surface area (Å²) in [5.41, 5.74) is 0.648. The van der Waals surface area contributed by atoms with Crippen LogP contribution in [-0.4, -0.2) is 13.4 Å². The number of rotatable bonds is 3. The van der Waals surface area contributed by atoms with E-state index < -0.39 is 15.6 Å². The summed E-state index contributed by atoms with van der Waals surface area (Å²) in [7, 11) is -3.88. The van der Waals surface area contributed by atoms with Crippen molar-refractivity contribution >= 4 is 31.6 Å². The van der Waals surface area contributed by atoms with Gasteiger partial charge in [-0.25, -0.2) is 8.42 Å². The molecule has 0 atom stereocenters. The van der Waals surface area contributed by atoms with E-state index in [0.717, 1.165) is 10.0 Å². The molecule has 0 saturated heterocycles. The zero-order chi connectivity index (χ0) is 14.0. The Morgan fingerprint density at radius 3 is 2.63 bits per heavy atom. The highest BCUT2D eigenvalue weighted by molar-refractivity contribution is 9.10. The lowest BCUT2D eigenvalue weighted by molar-refractivity contribution is 0.600. The van der Waals surface area contributed by atoms with Gasteiger partial charge in [0.2, 0.25) is 0 Å². The van der Waals surface area contributed by atoms with E-state index in [4.69, 9.17) is 0 Å². The first kappa shape index (κ1) is 13.8. The molecular weight excluding hydrogens is 332 g/mol. The Morgan fingerprint density at radius 1 is 1.26 bits per heavy atom. The minimum Gasteiger partial charge on any atom is -0.328 e. The third-order valence-corrected chi connectivity index (χ3v) is 4.78. The van der Waals surface area contributed by atoms with Crippen LogP contribution in [0.1, 0.15) is 5.56 Å². The Balaban J connectivity index is 2.40. The van der Waals surface area contributed by atoms with Crippen molar-refractivity contribution in [1.29, 1.82) is 0 Å². The monoisotopic (exact) mass is 342 g/mol. The van der Waals surface area contributed by atoms with Gasteiger partial charge < -0.3 is 4.98 Å². The summed E-state index contributed by atoms with van der Waals surface area (Å²) < 4.78 is 27.4. The lowest BCUT2D eigenvalue weighted by atomic mass is 10.2. The minimum absolute atomic E-state index is 0.310. The van der Waals surface area contributed by atoms with Gasteiger partial charge in [0.25, 0.3) is 15.6 Å². The van der Waals surface area contributed by atoms with Crippen LogP contribution in [0.5, 0.6) is 0 Å². The van der Waals surface area contributed by atoms with Crippen molar-refractivity contribution in [1.82, 2.24) is 4.98 Å². The van der Waals surface area contributed by atoms with Crippen molar-refractivity contribution in [3.05, 3.63) is 56.9 Å². The maximum atomic E-state index is 12.1. The highest BCUT2D eigenvalue weighted by Gasteiger charge is 2.17. The van der Waals surface area contributed by atoms with Crippen molar-refractivity contribution in [2.24, 2.45) is 0 Å². The number of nitrogens with one attached hydrogen (secondary N) is 2. The highest BCUT2D eigenvalue weighted by atomic mass is 79.9. The Hall–Kier alpha value is -1.60. The van der Waals surface area contributed by atoms with Gasteiger partial charge in [-0.05, 0) is 42.8 Å². The Labute approximate surface area is 118 Å². The Bertz CT molecular complexity index is 769. The number of hydrogen-bond donors (Lipinski definition) is 2. The first-order valence-electron chi connectivity index (χ1n) is 5.37. The topological polar surface area (TPSA) is 79.0 Å². The average Bonchev–Trinajstić information content (AvgIpc) is 2.34. The molecule has 19 heavy (non-hydrogen) atoms. The molecule has 0 aliphatic carbocycles. The van der Waals surface area contributed by atoms with Gasteiger partial charge in [0.1, 0.15) is 0 Å². The summed E-state index contributed by atoms with van der Waals surface area (Å²) in [5, 5.41) is 0. The van der Waals surface area contributed by atoms with Gasteiger partial charge in [0.15, 0.2) is 4.90 Å². The molecule has 1 heterocycles. The molecular formula is C12H11BrN2O3S. The van der Waals surface area contributed by atoms with Gasteiger partial charge in [-0.2, -0.15) is 0 Å². The van der Waals surface area contributed by atoms with E-state index in [1.807, 2.05) is 6.92 Å². The van der Waals surface area contributed by atoms with Crippen LogP contribution in [-0.2, 0) is 10.0 Å². The summed E-state index contributed by atoms with van der Waals surface area (Å²) >= 11 is 3.33. The van der Waals surface area contributed by atoms with Crippen LogP contribution >= 0.6 is 15.9 Å². The van der Waals surface area contributed by atoms with E-state index in [2.05, 4.69) is 25.6 Å². The third kappa shape index (κ3) is 3.05. The first-order valence-corrected chi connectivity index (χ1v) is 7.64. The molecule has 2 rings (SSSR count). The zero-order valence-corrected chi connectivity index (χ0v) is 12.4. The fourth-order valence-corrected chi connectivity index (χ4v) is 2.89. The second-order valence-electron chi connectivity index (χ2n) is 3.93. The number of sulfonamides is 1. The number of benzene rings is 1. The van der Waals surface area contributed by atoms with E-state index in [9.17, 15) is 13.2 Å². The van der Waals surface area contributed by atoms with E-state index >= 15 is 0 Å². The van der Waals surface area contributed by atoms with Crippen molar-refractivity contribution in [3.8, 4) is 0 Å². The van der Waals surface area contributed by atoms with Crippen molar-refractivity contribution in [2.75, 3.05) is 4.72 Å². The molecule has 2 N–H and O–H groups in total. The van der Waals surface area contributed by atoms with Crippen molar-refractivity contribution in [3.63, 3.8) is 0 Å². The van der Waals surface area contributed by atoms with Gasteiger partial charge in [-0.1, -0.05) is 15.9 Å². The van der Waals surface area contributed by atoms with Crippen LogP contribution in [0.15, 0.2) is 50.7 Å². The molecule has 0 bridgehead atoms. The molecule has 0 unspecified atom stereocenters. The summed E-state index contributed by atoms with van der Waals surface area (Å²) in [6, 6.07) is 7.75. The number of hydrogen-bond acceptors (Lipinski definition) is 3. The summed E-state index contributed by atoms with van der Waals surface area (Å²) in [6.45, 7) is 1.84. The molecule has 0 aliphatic heterocycles. The predicted octanol–water partition coefficient (Wildman–Crippen LogP) is 2.25. The molecule has 0 fully saturated rings. The predicted molar refractivity (Wildman–Crippen MR) is 76.8 cm³/mol. The smallest absolute Gasteiger partial charge is 0.268 e. The number of aryl methyl sites for hydroxylation is 1. The number of halogens is 1. The van der Waals surface area contributed by atoms with Gasteiger partial charge in [-0.15, -0.1) is 0 Å². The third-order valence-electron chi connectivity index (χ3n) is 2.48. The molecule has 100 valence electrons. The van der Waals surface area contributed by atoms with Gasteiger partial charge >= 0.3 is 0 Å². The second-order valence-corrected chi connectivity index (χ2v) is 6.44. The summed E-state index contributed by atoms with van der Waals surface area (Å²) in [4.78, 5) is 13.5. The van der Waals surface area contributed by atoms with E-state index in [1.54, 1.807) is 18.2 Å². The molecule has 1 aromatic heterocycles. The molecule has 5 nitrogen and oxygen atoms in total. The zero-order valence-electron chi connectivity index (χ0n) is 9.98. The molecule has 7 heteroatoms. The van der Waals surface area contributed by atoms with E-state index in [-0.39, 0.29) is 4.90 Å². The summed E-state index contributed by atoms with van der Waals surface area (Å²) in [6.07, 6.45) is 1.38. The lowest BCUT2D eigenvalue weighted by Gasteiger charge is -2.08. The van der Waals surface area contributed by atoms with Crippen molar-refractivity contribution in [2.45, 2.75) is 11.8 Å². The van der Waals surface area contributed by atoms with Crippen LogP contribution < -0.4 is 10.3 Å². The van der Waals surface area contributed by atoms with Crippen LogP contribution in [0.2, 0.25) is 0 Å². The van der Waals surface area contributed by atoms with Gasteiger partial charge in [-0.3, -0.25) is 9.52 Å². The SMILES string of the molecule is Cc1cc(NS(=O)(=O)c2ccc[nH]c2=O)ccc1Br. The fourth-order valence-electron chi connectivity index (χ4n) is 1.54. The number of anilines is 1. The number of pyridine rings is 1. The largest absolute Gasteiger partial charge is 0.328 e. The molecule has 0 saturated carbocycles. The summed E-state index contributed by atoms with van der Waals surface area (Å²) in [5.74, 6) is 0. The number of aromatic nitrogens is 1. The van der Waals surface area contributed by atoms with Crippen LogP contribution in [0, 0.1) is 6.92 Å². The molecule has 0 spiro atoms. The molecule has 0 radical (unpaired) electrons. The number of aromatic amines is 1. The second kappa shape index (κ2) is 5.18. The Kier molecular flexibility index (Phi) is 3.77. The normalized spacial score (nSPS) is 11.3. The molecule has 2 aromatic rings. The van der Waals surface area contributed by atoms with Gasteiger partial charge in [0, 0.05) is 16.4 Å². The molecule has 0 amide bonds.